The van der Waals surface area contributed by atoms with Crippen LogP contribution in [0.4, 0.5) is 24.0 Å². The maximum atomic E-state index is 13.7. The number of H-pyrrole nitrogens is 1. The van der Waals surface area contributed by atoms with Crippen LogP contribution in [-0.2, 0) is 15.8 Å². The highest BCUT2D eigenvalue weighted by Crippen LogP contribution is 2.41. The van der Waals surface area contributed by atoms with Gasteiger partial charge in [-0.25, -0.2) is 4.98 Å². The number of hydrogen-bond acceptors (Lipinski definition) is 8. The molecule has 9 nitrogen and oxygen atoms in total. The second kappa shape index (κ2) is 10.8. The van der Waals surface area contributed by atoms with Crippen molar-refractivity contribution < 1.29 is 27.5 Å². The molecule has 38 heavy (non-hydrogen) atoms. The number of halogens is 4. The van der Waals surface area contributed by atoms with E-state index in [1.54, 1.807) is 32.0 Å². The number of carbonyl (C=O) groups excluding carboxylic acids is 2. The lowest BCUT2D eigenvalue weighted by atomic mass is 10.0. The molecule has 0 aliphatic carbocycles. The van der Waals surface area contributed by atoms with Gasteiger partial charge in [-0.1, -0.05) is 22.9 Å². The third-order valence-electron chi connectivity index (χ3n) is 5.65. The molecule has 0 bridgehead atoms. The maximum absolute atomic E-state index is 13.7. The summed E-state index contributed by atoms with van der Waals surface area (Å²) in [6, 6.07) is 5.83. The average molecular weight is 569 g/mol. The Labute approximate surface area is 223 Å². The van der Waals surface area contributed by atoms with Crippen LogP contribution in [-0.4, -0.2) is 45.6 Å². The van der Waals surface area contributed by atoms with Crippen molar-refractivity contribution in [1.82, 2.24) is 15.2 Å². The molecule has 2 aromatic heterocycles. The Hall–Kier alpha value is -3.42. The molecule has 0 fully saturated rings. The molecule has 0 aliphatic rings. The van der Waals surface area contributed by atoms with Gasteiger partial charge in [0.1, 0.15) is 17.1 Å². The first-order valence-electron chi connectivity index (χ1n) is 11.5. The van der Waals surface area contributed by atoms with Crippen LogP contribution in [0.1, 0.15) is 32.3 Å². The molecule has 0 spiro atoms. The number of amides is 1. The number of hydrogen-bond donors (Lipinski definition) is 4. The number of nitrogens with one attached hydrogen (secondary N) is 3. The number of aromatic nitrogens is 3. The maximum Gasteiger partial charge on any atom is 0.418 e. The van der Waals surface area contributed by atoms with Gasteiger partial charge >= 0.3 is 6.18 Å². The Bertz CT molecular complexity index is 1500. The first-order chi connectivity index (χ1) is 17.9. The lowest BCUT2D eigenvalue weighted by Crippen LogP contribution is -2.44. The summed E-state index contributed by atoms with van der Waals surface area (Å²) in [5.41, 5.74) is 3.66. The quantitative estimate of drug-likeness (QED) is 0.189. The second-order valence-corrected chi connectivity index (χ2v) is 10.4. The fraction of sp³-hybridized carbons (Fsp3) is 0.333. The van der Waals surface area contributed by atoms with Gasteiger partial charge in [-0.05, 0) is 38.5 Å². The molecule has 2 aromatic carbocycles. The average Bonchev–Trinajstić information content (AvgIpc) is 3.48. The van der Waals surface area contributed by atoms with Crippen molar-refractivity contribution in [3.05, 3.63) is 41.0 Å². The number of fused-ring (bicyclic) bond motifs is 3. The van der Waals surface area contributed by atoms with E-state index in [9.17, 15) is 22.8 Å². The monoisotopic (exact) mass is 568 g/mol. The van der Waals surface area contributed by atoms with Gasteiger partial charge in [0, 0.05) is 23.6 Å². The summed E-state index contributed by atoms with van der Waals surface area (Å²) in [5.74, 6) is -0.228. The van der Waals surface area contributed by atoms with Crippen molar-refractivity contribution in [3.63, 3.8) is 0 Å². The minimum Gasteiger partial charge on any atom is -0.492 e. The molecule has 0 unspecified atom stereocenters. The van der Waals surface area contributed by atoms with E-state index in [1.165, 1.54) is 6.20 Å². The van der Waals surface area contributed by atoms with Gasteiger partial charge in [0.2, 0.25) is 0 Å². The first-order valence-corrected chi connectivity index (χ1v) is 12.7. The highest BCUT2D eigenvalue weighted by Gasteiger charge is 2.36. The smallest absolute Gasteiger partial charge is 0.418 e. The summed E-state index contributed by atoms with van der Waals surface area (Å²) in [6.07, 6.45) is -2.45. The van der Waals surface area contributed by atoms with Gasteiger partial charge in [0.05, 0.1) is 45.7 Å². The first kappa shape index (κ1) is 27.6. The SMILES string of the molecule is CC(C)(Nc1ccc(Cl)c(OCCCC(=O)CN)c1)C(=O)Nc1nc2c(C(F)(F)F)cc3[nH]ncc3c2s1. The minimum absolute atomic E-state index is 0.0197. The summed E-state index contributed by atoms with van der Waals surface area (Å²) in [5, 5.41) is 12.9. The Morgan fingerprint density at radius 1 is 1.24 bits per heavy atom. The highest BCUT2D eigenvalue weighted by molar-refractivity contribution is 7.23. The number of nitrogens with zero attached hydrogens (tertiary/aromatic N) is 2. The van der Waals surface area contributed by atoms with Gasteiger partial charge in [-0.2, -0.15) is 18.3 Å². The third kappa shape index (κ3) is 6.00. The van der Waals surface area contributed by atoms with Gasteiger partial charge in [0.15, 0.2) is 5.13 Å². The van der Waals surface area contributed by atoms with Gasteiger partial charge < -0.3 is 15.8 Å². The van der Waals surface area contributed by atoms with E-state index >= 15 is 0 Å². The molecule has 2 heterocycles. The van der Waals surface area contributed by atoms with Gasteiger partial charge in [-0.3, -0.25) is 20.0 Å². The molecule has 5 N–H and O–H groups in total. The van der Waals surface area contributed by atoms with E-state index < -0.39 is 23.2 Å². The molecular weight excluding hydrogens is 545 g/mol. The predicted octanol–water partition coefficient (Wildman–Crippen LogP) is 5.36. The van der Waals surface area contributed by atoms with Crippen LogP contribution >= 0.6 is 22.9 Å². The van der Waals surface area contributed by atoms with Crippen LogP contribution in [0.2, 0.25) is 5.02 Å². The van der Waals surface area contributed by atoms with Crippen LogP contribution in [0.5, 0.6) is 5.75 Å². The Kier molecular flexibility index (Phi) is 7.81. The third-order valence-corrected chi connectivity index (χ3v) is 6.97. The van der Waals surface area contributed by atoms with Crippen molar-refractivity contribution in [2.24, 2.45) is 5.73 Å². The molecule has 0 atom stereocenters. The lowest BCUT2D eigenvalue weighted by Gasteiger charge is -2.26. The summed E-state index contributed by atoms with van der Waals surface area (Å²) >= 11 is 7.14. The summed E-state index contributed by atoms with van der Waals surface area (Å²) < 4.78 is 46.9. The molecule has 0 saturated carbocycles. The fourth-order valence-electron chi connectivity index (χ4n) is 3.67. The largest absolute Gasteiger partial charge is 0.492 e. The summed E-state index contributed by atoms with van der Waals surface area (Å²) in [4.78, 5) is 28.5. The molecule has 0 saturated heterocycles. The molecule has 202 valence electrons. The molecule has 4 rings (SSSR count). The molecule has 4 aromatic rings. The van der Waals surface area contributed by atoms with Crippen LogP contribution in [0.15, 0.2) is 30.5 Å². The van der Waals surface area contributed by atoms with Crippen molar-refractivity contribution in [2.75, 3.05) is 23.8 Å². The van der Waals surface area contributed by atoms with E-state index in [0.717, 1.165) is 17.4 Å². The molecule has 0 aliphatic heterocycles. The molecule has 1 amide bonds. The zero-order valence-electron chi connectivity index (χ0n) is 20.3. The number of benzene rings is 2. The number of ether oxygens (including phenoxy) is 1. The standard InChI is InChI=1S/C24H24ClF3N6O3S/c1-23(2,33-12-5-6-16(25)18(8-12)37-7-3-4-13(35)10-29)21(36)32-22-31-19-15(24(26,27)28)9-17-14(11-30-34-17)20(19)38-22/h5-6,8-9,11,33H,3-4,7,10,29H2,1-2H3,(H,30,34)(H,31,32,36). The Morgan fingerprint density at radius 2 is 2.00 bits per heavy atom. The number of ketones is 1. The van der Waals surface area contributed by atoms with Crippen LogP contribution in [0.25, 0.3) is 21.1 Å². The number of aromatic amines is 1. The highest BCUT2D eigenvalue weighted by atomic mass is 35.5. The van der Waals surface area contributed by atoms with Crippen molar-refractivity contribution in [3.8, 4) is 5.75 Å². The lowest BCUT2D eigenvalue weighted by molar-refractivity contribution is -0.136. The molecule has 0 radical (unpaired) electrons. The number of alkyl halides is 3. The van der Waals surface area contributed by atoms with Crippen molar-refractivity contribution in [2.45, 2.75) is 38.4 Å². The van der Waals surface area contributed by atoms with E-state index in [2.05, 4.69) is 25.8 Å². The van der Waals surface area contributed by atoms with Gasteiger partial charge in [-0.15, -0.1) is 0 Å². The number of carbonyl (C=O) groups is 2. The number of Topliss-reactive ketones (excluding diaryl/α,β-unsaturated/α-hetero) is 1. The minimum atomic E-state index is -4.64. The van der Waals surface area contributed by atoms with E-state index in [-0.39, 0.29) is 39.8 Å². The number of anilines is 2. The number of thiazole rings is 1. The van der Waals surface area contributed by atoms with Crippen molar-refractivity contribution in [1.29, 1.82) is 0 Å². The van der Waals surface area contributed by atoms with Gasteiger partial charge in [0.25, 0.3) is 5.91 Å². The summed E-state index contributed by atoms with van der Waals surface area (Å²) in [6.45, 7) is 3.45. The Balaban J connectivity index is 1.50. The van der Waals surface area contributed by atoms with Crippen LogP contribution in [0.3, 0.4) is 0 Å². The zero-order chi connectivity index (χ0) is 27.7. The molecular formula is C24H24ClF3N6O3S. The molecule has 14 heteroatoms. The van der Waals surface area contributed by atoms with Crippen LogP contribution in [0, 0.1) is 0 Å². The number of nitrogens with two attached hydrogens (primary N) is 1. The normalized spacial score (nSPS) is 12.2. The predicted molar refractivity (Wildman–Crippen MR) is 141 cm³/mol. The van der Waals surface area contributed by atoms with E-state index in [1.807, 2.05) is 0 Å². The van der Waals surface area contributed by atoms with E-state index in [4.69, 9.17) is 22.1 Å². The Morgan fingerprint density at radius 3 is 2.71 bits per heavy atom. The van der Waals surface area contributed by atoms with Crippen LogP contribution < -0.4 is 21.1 Å². The topological polar surface area (TPSA) is 135 Å². The second-order valence-electron chi connectivity index (χ2n) is 8.99. The van der Waals surface area contributed by atoms with E-state index in [0.29, 0.717) is 34.7 Å². The van der Waals surface area contributed by atoms with Crippen molar-refractivity contribution >= 4 is 66.6 Å². The number of rotatable bonds is 10. The zero-order valence-corrected chi connectivity index (χ0v) is 21.9. The summed E-state index contributed by atoms with van der Waals surface area (Å²) in [7, 11) is 0. The fourth-order valence-corrected chi connectivity index (χ4v) is 4.84.